The molecule has 0 saturated heterocycles. The minimum atomic E-state index is -0.932. The number of rotatable bonds is 5. The van der Waals surface area contributed by atoms with Gasteiger partial charge in [-0.2, -0.15) is 0 Å². The minimum Gasteiger partial charge on any atom is -0.377 e. The fraction of sp³-hybridized carbons (Fsp3) is 0.905. The Morgan fingerprint density at radius 1 is 1.12 bits per heavy atom. The van der Waals surface area contributed by atoms with Gasteiger partial charge < -0.3 is 5.11 Å². The van der Waals surface area contributed by atoms with E-state index >= 15 is 0 Å². The Kier molecular flexibility index (Phi) is 4.95. The van der Waals surface area contributed by atoms with E-state index in [0.29, 0.717) is 5.92 Å². The predicted octanol–water partition coefficient (Wildman–Crippen LogP) is 4.87. The van der Waals surface area contributed by atoms with Crippen molar-refractivity contribution in [3.8, 4) is 11.8 Å². The summed E-state index contributed by atoms with van der Waals surface area (Å²) in [5.74, 6) is 6.90. The van der Waals surface area contributed by atoms with E-state index in [9.17, 15) is 5.11 Å². The summed E-state index contributed by atoms with van der Waals surface area (Å²) in [7, 11) is 0. The number of hydrogen-bond donors (Lipinski definition) is 1. The Morgan fingerprint density at radius 2 is 1.75 bits per heavy atom. The predicted molar refractivity (Wildman–Crippen MR) is 97.2 cm³/mol. The third-order valence-corrected chi connectivity index (χ3v) is 6.79. The molecule has 2 saturated carbocycles. The maximum Gasteiger partial charge on any atom is 0.158 e. The number of aliphatic hydroxyl groups is 1. The first-order valence-corrected chi connectivity index (χ1v) is 9.42. The molecule has 0 radical (unpaired) electrons. The van der Waals surface area contributed by atoms with Crippen molar-refractivity contribution >= 4 is 0 Å². The summed E-state index contributed by atoms with van der Waals surface area (Å²) in [6.07, 6.45) is 4.96. The molecule has 0 aliphatic heterocycles. The van der Waals surface area contributed by atoms with Crippen molar-refractivity contribution in [2.45, 2.75) is 104 Å². The normalized spacial score (nSPS) is 35.0. The second-order valence-electron chi connectivity index (χ2n) is 9.79. The monoisotopic (exact) mass is 336 g/mol. The molecule has 2 aliphatic carbocycles. The van der Waals surface area contributed by atoms with Gasteiger partial charge in [0, 0.05) is 5.41 Å². The second kappa shape index (κ2) is 6.01. The lowest BCUT2D eigenvalue weighted by molar-refractivity contribution is -0.389. The molecular formula is C21H36O3. The molecule has 0 aromatic carbocycles. The third kappa shape index (κ3) is 3.26. The van der Waals surface area contributed by atoms with E-state index in [4.69, 9.17) is 9.78 Å². The fourth-order valence-electron chi connectivity index (χ4n) is 4.60. The highest BCUT2D eigenvalue weighted by molar-refractivity contribution is 5.31. The van der Waals surface area contributed by atoms with E-state index in [2.05, 4.69) is 39.5 Å². The van der Waals surface area contributed by atoms with E-state index in [-0.39, 0.29) is 16.4 Å². The minimum absolute atomic E-state index is 0.126. The molecule has 0 heterocycles. The van der Waals surface area contributed by atoms with Crippen LogP contribution in [0.1, 0.15) is 87.5 Å². The highest BCUT2D eigenvalue weighted by atomic mass is 17.2. The molecule has 1 N–H and O–H groups in total. The van der Waals surface area contributed by atoms with E-state index < -0.39 is 11.2 Å². The smallest absolute Gasteiger partial charge is 0.158 e. The van der Waals surface area contributed by atoms with Gasteiger partial charge in [0.05, 0.1) is 5.60 Å². The summed E-state index contributed by atoms with van der Waals surface area (Å²) < 4.78 is 0. The summed E-state index contributed by atoms with van der Waals surface area (Å²) in [6.45, 7) is 16.7. The summed E-state index contributed by atoms with van der Waals surface area (Å²) >= 11 is 0. The van der Waals surface area contributed by atoms with Crippen LogP contribution in [-0.2, 0) is 9.78 Å². The molecule has 3 atom stereocenters. The van der Waals surface area contributed by atoms with Crippen LogP contribution in [0.15, 0.2) is 0 Å². The van der Waals surface area contributed by atoms with Gasteiger partial charge in [0.25, 0.3) is 0 Å². The number of fused-ring (bicyclic) bond motifs is 2. The molecule has 24 heavy (non-hydrogen) atoms. The van der Waals surface area contributed by atoms with E-state index in [1.54, 1.807) is 0 Å². The van der Waals surface area contributed by atoms with Crippen LogP contribution in [0.25, 0.3) is 0 Å². The van der Waals surface area contributed by atoms with Gasteiger partial charge in [-0.15, -0.1) is 0 Å². The highest BCUT2D eigenvalue weighted by Crippen LogP contribution is 2.69. The first-order valence-electron chi connectivity index (χ1n) is 9.42. The molecule has 0 spiro atoms. The molecule has 138 valence electrons. The lowest BCUT2D eigenvalue weighted by Crippen LogP contribution is -2.46. The molecule has 2 aliphatic rings. The molecule has 3 nitrogen and oxygen atoms in total. The van der Waals surface area contributed by atoms with E-state index in [0.717, 1.165) is 25.7 Å². The largest absolute Gasteiger partial charge is 0.377 e. The zero-order valence-electron chi connectivity index (χ0n) is 16.9. The topological polar surface area (TPSA) is 38.7 Å². The van der Waals surface area contributed by atoms with Crippen LogP contribution in [0, 0.1) is 28.6 Å². The zero-order valence-corrected chi connectivity index (χ0v) is 16.9. The van der Waals surface area contributed by atoms with Crippen LogP contribution < -0.4 is 0 Å². The van der Waals surface area contributed by atoms with E-state index in [1.165, 1.54) is 6.42 Å². The molecule has 2 rings (SSSR count). The van der Waals surface area contributed by atoms with Crippen molar-refractivity contribution < 1.29 is 14.9 Å². The Labute approximate surface area is 148 Å². The van der Waals surface area contributed by atoms with Crippen molar-refractivity contribution in [2.75, 3.05) is 0 Å². The van der Waals surface area contributed by atoms with Crippen molar-refractivity contribution in [3.63, 3.8) is 0 Å². The van der Waals surface area contributed by atoms with Crippen molar-refractivity contribution in [1.82, 2.24) is 0 Å². The molecule has 2 bridgehead atoms. The standard InChI is InChI=1S/C21H36O3/c1-9-11-17(2,3)23-24-18(4,5)13-14-21(22)15-16-10-12-20(21,8)19(16,6)7/h16,22H,9-12,15H2,1-8H3/t16-,20-,21+/m0/s1. The first kappa shape index (κ1) is 19.8. The van der Waals surface area contributed by atoms with Crippen LogP contribution in [0.4, 0.5) is 0 Å². The molecule has 0 amide bonds. The highest BCUT2D eigenvalue weighted by Gasteiger charge is 2.68. The summed E-state index contributed by atoms with van der Waals surface area (Å²) in [5.41, 5.74) is -2.04. The van der Waals surface area contributed by atoms with Gasteiger partial charge in [0.15, 0.2) is 5.60 Å². The first-order chi connectivity index (χ1) is 10.8. The fourth-order valence-corrected chi connectivity index (χ4v) is 4.60. The molecule has 0 unspecified atom stereocenters. The van der Waals surface area contributed by atoms with Crippen LogP contribution >= 0.6 is 0 Å². The second-order valence-corrected chi connectivity index (χ2v) is 9.79. The van der Waals surface area contributed by atoms with Crippen LogP contribution in [0.2, 0.25) is 0 Å². The Morgan fingerprint density at radius 3 is 2.21 bits per heavy atom. The molecule has 0 aromatic heterocycles. The van der Waals surface area contributed by atoms with Gasteiger partial charge in [-0.1, -0.05) is 46.0 Å². The lowest BCUT2D eigenvalue weighted by atomic mass is 9.64. The van der Waals surface area contributed by atoms with Crippen molar-refractivity contribution in [2.24, 2.45) is 16.7 Å². The quantitative estimate of drug-likeness (QED) is 0.442. The Bertz CT molecular complexity index is 537. The summed E-state index contributed by atoms with van der Waals surface area (Å²) in [5, 5.41) is 11.3. The van der Waals surface area contributed by atoms with Gasteiger partial charge in [-0.25, -0.2) is 9.78 Å². The maximum atomic E-state index is 11.3. The molecular weight excluding hydrogens is 300 g/mol. The SMILES string of the molecule is CCCC(C)(C)OOC(C)(C)C#C[C@@]1(O)C[C@@H]2CC[C@@]1(C)C2(C)C. The lowest BCUT2D eigenvalue weighted by Gasteiger charge is -2.42. The Hall–Kier alpha value is -0.560. The zero-order chi connectivity index (χ0) is 18.4. The van der Waals surface area contributed by atoms with Gasteiger partial charge in [-0.3, -0.25) is 0 Å². The van der Waals surface area contributed by atoms with Gasteiger partial charge >= 0.3 is 0 Å². The average molecular weight is 337 g/mol. The third-order valence-electron chi connectivity index (χ3n) is 6.79. The van der Waals surface area contributed by atoms with E-state index in [1.807, 2.05) is 27.7 Å². The van der Waals surface area contributed by atoms with Gasteiger partial charge in [0.2, 0.25) is 0 Å². The average Bonchev–Trinajstić information content (AvgIpc) is 2.76. The van der Waals surface area contributed by atoms with Crippen LogP contribution in [0.5, 0.6) is 0 Å². The molecule has 0 aromatic rings. The van der Waals surface area contributed by atoms with Crippen molar-refractivity contribution in [3.05, 3.63) is 0 Å². The summed E-state index contributed by atoms with van der Waals surface area (Å²) in [4.78, 5) is 11.3. The molecule has 3 heteroatoms. The Balaban J connectivity index is 2.11. The number of hydrogen-bond acceptors (Lipinski definition) is 3. The van der Waals surface area contributed by atoms with Gasteiger partial charge in [0.1, 0.15) is 5.60 Å². The summed E-state index contributed by atoms with van der Waals surface area (Å²) in [6, 6.07) is 0. The van der Waals surface area contributed by atoms with Crippen molar-refractivity contribution in [1.29, 1.82) is 0 Å². The van der Waals surface area contributed by atoms with Crippen LogP contribution in [-0.4, -0.2) is 21.9 Å². The maximum absolute atomic E-state index is 11.3. The van der Waals surface area contributed by atoms with Gasteiger partial charge in [-0.05, 0) is 64.7 Å². The molecule has 2 fully saturated rings. The van der Waals surface area contributed by atoms with Crippen LogP contribution in [0.3, 0.4) is 0 Å².